The Morgan fingerprint density at radius 2 is 1.96 bits per heavy atom. The fourth-order valence-corrected chi connectivity index (χ4v) is 2.80. The zero-order chi connectivity index (χ0) is 16.4. The second-order valence-corrected chi connectivity index (χ2v) is 6.15. The highest BCUT2D eigenvalue weighted by Gasteiger charge is 2.17. The van der Waals surface area contributed by atoms with E-state index in [-0.39, 0.29) is 11.6 Å². The van der Waals surface area contributed by atoms with E-state index in [1.54, 1.807) is 4.57 Å². The summed E-state index contributed by atoms with van der Waals surface area (Å²) in [5.41, 5.74) is 1.85. The number of aromatic hydroxyl groups is 1. The zero-order valence-electron chi connectivity index (χ0n) is 12.5. The Balaban J connectivity index is 1.83. The zero-order valence-corrected chi connectivity index (χ0v) is 14.1. The molecule has 3 rings (SSSR count). The van der Waals surface area contributed by atoms with Crippen LogP contribution in [0, 0.1) is 11.8 Å². The van der Waals surface area contributed by atoms with Crippen molar-refractivity contribution >= 4 is 32.5 Å². The molecular formula is C17H15BrN2O3. The SMILES string of the molecule is Cc1ccc2c(c1)c(N=O)c(O)n2CCOc1ccc(Br)cc1. The number of ether oxygens (including phenoxy) is 1. The lowest BCUT2D eigenvalue weighted by atomic mass is 10.1. The van der Waals surface area contributed by atoms with E-state index < -0.39 is 0 Å². The molecule has 0 bridgehead atoms. The molecule has 1 heterocycles. The molecule has 2 aromatic carbocycles. The van der Waals surface area contributed by atoms with Crippen molar-refractivity contribution in [3.8, 4) is 11.6 Å². The topological polar surface area (TPSA) is 63.8 Å². The Morgan fingerprint density at radius 1 is 1.22 bits per heavy atom. The van der Waals surface area contributed by atoms with Crippen LogP contribution in [0.2, 0.25) is 0 Å². The second-order valence-electron chi connectivity index (χ2n) is 5.24. The lowest BCUT2D eigenvalue weighted by molar-refractivity contribution is 0.290. The molecule has 0 spiro atoms. The van der Waals surface area contributed by atoms with Gasteiger partial charge >= 0.3 is 0 Å². The van der Waals surface area contributed by atoms with Crippen LogP contribution in [0.1, 0.15) is 5.56 Å². The fourth-order valence-electron chi connectivity index (χ4n) is 2.54. The minimum absolute atomic E-state index is 0.0762. The molecule has 0 unspecified atom stereocenters. The molecule has 1 N–H and O–H groups in total. The van der Waals surface area contributed by atoms with Crippen LogP contribution in [0.5, 0.6) is 11.6 Å². The molecule has 0 aliphatic heterocycles. The van der Waals surface area contributed by atoms with Gasteiger partial charge in [0.1, 0.15) is 12.4 Å². The lowest BCUT2D eigenvalue weighted by Crippen LogP contribution is -2.07. The van der Waals surface area contributed by atoms with Crippen molar-refractivity contribution in [2.24, 2.45) is 5.18 Å². The Bertz CT molecular complexity index is 856. The molecule has 23 heavy (non-hydrogen) atoms. The maximum Gasteiger partial charge on any atom is 0.222 e. The number of rotatable bonds is 5. The average molecular weight is 375 g/mol. The Morgan fingerprint density at radius 3 is 2.65 bits per heavy atom. The largest absolute Gasteiger partial charge is 0.493 e. The van der Waals surface area contributed by atoms with Crippen molar-refractivity contribution < 1.29 is 9.84 Å². The number of benzene rings is 2. The fraction of sp³-hybridized carbons (Fsp3) is 0.176. The van der Waals surface area contributed by atoms with E-state index in [9.17, 15) is 10.0 Å². The molecule has 118 valence electrons. The maximum absolute atomic E-state index is 11.0. The summed E-state index contributed by atoms with van der Waals surface area (Å²) >= 11 is 3.37. The molecule has 0 amide bonds. The summed E-state index contributed by atoms with van der Waals surface area (Å²) in [6, 6.07) is 13.2. The Labute approximate surface area is 141 Å². The first-order valence-corrected chi connectivity index (χ1v) is 7.93. The van der Waals surface area contributed by atoms with E-state index in [0.717, 1.165) is 21.3 Å². The predicted octanol–water partition coefficient (Wildman–Crippen LogP) is 4.89. The highest BCUT2D eigenvalue weighted by molar-refractivity contribution is 9.10. The van der Waals surface area contributed by atoms with Crippen LogP contribution in [-0.2, 0) is 6.54 Å². The molecule has 3 aromatic rings. The summed E-state index contributed by atoms with van der Waals surface area (Å²) in [5, 5.41) is 13.9. The van der Waals surface area contributed by atoms with Crippen molar-refractivity contribution in [1.29, 1.82) is 0 Å². The van der Waals surface area contributed by atoms with Gasteiger partial charge < -0.3 is 14.4 Å². The van der Waals surface area contributed by atoms with Crippen molar-refractivity contribution in [3.05, 3.63) is 57.4 Å². The normalized spacial score (nSPS) is 10.9. The quantitative estimate of drug-likeness (QED) is 0.646. The van der Waals surface area contributed by atoms with Crippen molar-refractivity contribution in [2.45, 2.75) is 13.5 Å². The molecule has 0 radical (unpaired) electrons. The summed E-state index contributed by atoms with van der Waals surface area (Å²) in [4.78, 5) is 11.0. The third-order valence-electron chi connectivity index (χ3n) is 3.65. The van der Waals surface area contributed by atoms with Gasteiger partial charge in [-0.25, -0.2) is 0 Å². The van der Waals surface area contributed by atoms with Crippen molar-refractivity contribution in [1.82, 2.24) is 4.57 Å². The summed E-state index contributed by atoms with van der Waals surface area (Å²) in [5.74, 6) is 0.619. The second kappa shape index (κ2) is 6.42. The molecule has 0 fully saturated rings. The molecule has 0 saturated carbocycles. The lowest BCUT2D eigenvalue weighted by Gasteiger charge is -2.09. The highest BCUT2D eigenvalue weighted by atomic mass is 79.9. The van der Waals surface area contributed by atoms with Crippen LogP contribution < -0.4 is 4.74 Å². The number of nitrogens with zero attached hydrogens (tertiary/aromatic N) is 2. The average Bonchev–Trinajstić information content (AvgIpc) is 2.80. The van der Waals surface area contributed by atoms with Gasteiger partial charge in [-0.1, -0.05) is 27.6 Å². The maximum atomic E-state index is 11.0. The Kier molecular flexibility index (Phi) is 4.34. The molecule has 6 heteroatoms. The number of aromatic nitrogens is 1. The van der Waals surface area contributed by atoms with E-state index in [1.807, 2.05) is 49.4 Å². The van der Waals surface area contributed by atoms with E-state index >= 15 is 0 Å². The summed E-state index contributed by atoms with van der Waals surface area (Å²) in [6.07, 6.45) is 0. The minimum Gasteiger partial charge on any atom is -0.493 e. The molecule has 0 atom stereocenters. The Hall–Kier alpha value is -2.34. The van der Waals surface area contributed by atoms with Crippen molar-refractivity contribution in [2.75, 3.05) is 6.61 Å². The molecule has 0 saturated heterocycles. The van der Waals surface area contributed by atoms with Gasteiger partial charge in [-0.05, 0) is 48.5 Å². The monoisotopic (exact) mass is 374 g/mol. The number of aryl methyl sites for hydroxylation is 1. The van der Waals surface area contributed by atoms with Crippen LogP contribution in [-0.4, -0.2) is 16.3 Å². The number of hydrogen-bond acceptors (Lipinski definition) is 4. The standard InChI is InChI=1S/C17H15BrN2O3/c1-11-2-7-15-14(10-11)16(19-22)17(21)20(15)8-9-23-13-5-3-12(18)4-6-13/h2-7,10,21H,8-9H2,1H3. The number of nitroso groups, excluding NO2 is 1. The van der Waals surface area contributed by atoms with Crippen LogP contribution >= 0.6 is 15.9 Å². The minimum atomic E-state index is -0.125. The first kappa shape index (κ1) is 15.6. The van der Waals surface area contributed by atoms with Gasteiger partial charge in [-0.15, -0.1) is 4.91 Å². The number of hydrogen-bond donors (Lipinski definition) is 1. The third-order valence-corrected chi connectivity index (χ3v) is 4.18. The first-order chi connectivity index (χ1) is 11.1. The molecule has 0 aliphatic carbocycles. The van der Waals surface area contributed by atoms with E-state index in [4.69, 9.17) is 4.74 Å². The van der Waals surface area contributed by atoms with Crippen LogP contribution in [0.3, 0.4) is 0 Å². The van der Waals surface area contributed by atoms with E-state index in [0.29, 0.717) is 18.5 Å². The van der Waals surface area contributed by atoms with Gasteiger partial charge in [0, 0.05) is 9.86 Å². The molecule has 5 nitrogen and oxygen atoms in total. The van der Waals surface area contributed by atoms with Gasteiger partial charge in [0.25, 0.3) is 0 Å². The number of fused-ring (bicyclic) bond motifs is 1. The molecular weight excluding hydrogens is 360 g/mol. The van der Waals surface area contributed by atoms with Gasteiger partial charge in [0.15, 0.2) is 5.69 Å². The van der Waals surface area contributed by atoms with Crippen LogP contribution in [0.15, 0.2) is 52.1 Å². The first-order valence-electron chi connectivity index (χ1n) is 7.13. The summed E-state index contributed by atoms with van der Waals surface area (Å²) in [6.45, 7) is 2.71. The summed E-state index contributed by atoms with van der Waals surface area (Å²) in [7, 11) is 0. The van der Waals surface area contributed by atoms with E-state index in [2.05, 4.69) is 21.1 Å². The van der Waals surface area contributed by atoms with Crippen molar-refractivity contribution in [3.63, 3.8) is 0 Å². The predicted molar refractivity (Wildman–Crippen MR) is 93.4 cm³/mol. The highest BCUT2D eigenvalue weighted by Crippen LogP contribution is 2.38. The van der Waals surface area contributed by atoms with Gasteiger partial charge in [0.2, 0.25) is 5.88 Å². The number of halogens is 1. The van der Waals surface area contributed by atoms with E-state index in [1.165, 1.54) is 0 Å². The third kappa shape index (κ3) is 3.07. The van der Waals surface area contributed by atoms with Crippen LogP contribution in [0.4, 0.5) is 5.69 Å². The van der Waals surface area contributed by atoms with Gasteiger partial charge in [-0.3, -0.25) is 0 Å². The molecule has 0 aliphatic rings. The smallest absolute Gasteiger partial charge is 0.222 e. The molecule has 1 aromatic heterocycles. The van der Waals surface area contributed by atoms with Gasteiger partial charge in [0.05, 0.1) is 12.1 Å². The summed E-state index contributed by atoms with van der Waals surface area (Å²) < 4.78 is 8.30. The van der Waals surface area contributed by atoms with Gasteiger partial charge in [-0.2, -0.15) is 0 Å². The van der Waals surface area contributed by atoms with Crippen LogP contribution in [0.25, 0.3) is 10.9 Å².